The van der Waals surface area contributed by atoms with Gasteiger partial charge in [0.15, 0.2) is 0 Å². The summed E-state index contributed by atoms with van der Waals surface area (Å²) < 4.78 is 0. The molecule has 1 amide bonds. The molecule has 0 saturated carbocycles. The van der Waals surface area contributed by atoms with E-state index in [4.69, 9.17) is 11.1 Å². The molecule has 1 rings (SSSR count). The SMILES string of the molecule is Cc1ccc(C(=O)NCC/C(C=N)=C/N)cc1. The number of aryl methyl sites for hydroxylation is 1. The second-order valence-corrected chi connectivity index (χ2v) is 3.76. The third-order valence-electron chi connectivity index (χ3n) is 2.41. The fourth-order valence-corrected chi connectivity index (χ4v) is 1.33. The molecule has 4 heteroatoms. The van der Waals surface area contributed by atoms with Crippen LogP contribution in [0.4, 0.5) is 0 Å². The summed E-state index contributed by atoms with van der Waals surface area (Å²) >= 11 is 0. The standard InChI is InChI=1S/C13H17N3O/c1-10-2-4-12(5-3-10)13(17)16-7-6-11(8-14)9-15/h2-5,8-9,14H,6-7,15H2,1H3,(H,16,17)/b11-9-,14-8?. The first kappa shape index (κ1) is 13.0. The van der Waals surface area contributed by atoms with Crippen LogP contribution in [0.15, 0.2) is 36.0 Å². The summed E-state index contributed by atoms with van der Waals surface area (Å²) in [4.78, 5) is 11.7. The fourth-order valence-electron chi connectivity index (χ4n) is 1.33. The predicted molar refractivity (Wildman–Crippen MR) is 69.2 cm³/mol. The van der Waals surface area contributed by atoms with E-state index in [1.807, 2.05) is 19.1 Å². The van der Waals surface area contributed by atoms with Gasteiger partial charge in [-0.1, -0.05) is 17.7 Å². The molecule has 90 valence electrons. The van der Waals surface area contributed by atoms with Crippen LogP contribution in [0.3, 0.4) is 0 Å². The van der Waals surface area contributed by atoms with E-state index in [1.165, 1.54) is 12.4 Å². The maximum absolute atomic E-state index is 11.7. The van der Waals surface area contributed by atoms with Gasteiger partial charge in [-0.15, -0.1) is 0 Å². The Labute approximate surface area is 101 Å². The van der Waals surface area contributed by atoms with Crippen LogP contribution in [0.2, 0.25) is 0 Å². The highest BCUT2D eigenvalue weighted by Gasteiger charge is 2.03. The van der Waals surface area contributed by atoms with Crippen LogP contribution in [-0.2, 0) is 0 Å². The van der Waals surface area contributed by atoms with Gasteiger partial charge in [-0.3, -0.25) is 4.79 Å². The van der Waals surface area contributed by atoms with Gasteiger partial charge in [0, 0.05) is 18.3 Å². The molecule has 0 bridgehead atoms. The average Bonchev–Trinajstić information content (AvgIpc) is 2.35. The molecule has 4 N–H and O–H groups in total. The Morgan fingerprint density at radius 2 is 2.06 bits per heavy atom. The number of rotatable bonds is 5. The minimum absolute atomic E-state index is 0.105. The maximum Gasteiger partial charge on any atom is 0.251 e. The van der Waals surface area contributed by atoms with E-state index < -0.39 is 0 Å². The van der Waals surface area contributed by atoms with E-state index in [9.17, 15) is 4.79 Å². The van der Waals surface area contributed by atoms with Crippen molar-refractivity contribution in [2.75, 3.05) is 6.54 Å². The zero-order valence-electron chi connectivity index (χ0n) is 9.86. The molecule has 0 heterocycles. The van der Waals surface area contributed by atoms with Crippen molar-refractivity contribution in [3.05, 3.63) is 47.2 Å². The van der Waals surface area contributed by atoms with Crippen molar-refractivity contribution in [1.82, 2.24) is 5.32 Å². The van der Waals surface area contributed by atoms with Crippen molar-refractivity contribution in [3.63, 3.8) is 0 Å². The van der Waals surface area contributed by atoms with Crippen LogP contribution in [0.25, 0.3) is 0 Å². The lowest BCUT2D eigenvalue weighted by Crippen LogP contribution is -2.24. The summed E-state index contributed by atoms with van der Waals surface area (Å²) in [7, 11) is 0. The van der Waals surface area contributed by atoms with Crippen LogP contribution in [0.5, 0.6) is 0 Å². The van der Waals surface area contributed by atoms with E-state index in [0.29, 0.717) is 24.1 Å². The lowest BCUT2D eigenvalue weighted by atomic mass is 10.1. The highest BCUT2D eigenvalue weighted by molar-refractivity contribution is 5.94. The van der Waals surface area contributed by atoms with Crippen molar-refractivity contribution < 1.29 is 4.79 Å². The number of carbonyl (C=O) groups is 1. The number of amides is 1. The monoisotopic (exact) mass is 231 g/mol. The van der Waals surface area contributed by atoms with Crippen LogP contribution in [-0.4, -0.2) is 18.7 Å². The number of benzene rings is 1. The average molecular weight is 231 g/mol. The van der Waals surface area contributed by atoms with Crippen LogP contribution in [0.1, 0.15) is 22.3 Å². The number of hydrogen-bond acceptors (Lipinski definition) is 3. The third kappa shape index (κ3) is 4.10. The Morgan fingerprint density at radius 3 is 2.59 bits per heavy atom. The molecule has 0 aliphatic carbocycles. The highest BCUT2D eigenvalue weighted by Crippen LogP contribution is 2.03. The molecule has 0 unspecified atom stereocenters. The third-order valence-corrected chi connectivity index (χ3v) is 2.41. The fraction of sp³-hybridized carbons (Fsp3) is 0.231. The lowest BCUT2D eigenvalue weighted by Gasteiger charge is -2.05. The van der Waals surface area contributed by atoms with Gasteiger partial charge in [-0.2, -0.15) is 0 Å². The number of nitrogens with one attached hydrogen (secondary N) is 2. The van der Waals surface area contributed by atoms with Gasteiger partial charge in [0.25, 0.3) is 5.91 Å². The summed E-state index contributed by atoms with van der Waals surface area (Å²) in [6.07, 6.45) is 3.14. The van der Waals surface area contributed by atoms with Gasteiger partial charge >= 0.3 is 0 Å². The summed E-state index contributed by atoms with van der Waals surface area (Å²) in [5, 5.41) is 9.83. The first-order valence-electron chi connectivity index (χ1n) is 5.43. The summed E-state index contributed by atoms with van der Waals surface area (Å²) in [5.41, 5.74) is 7.77. The molecule has 17 heavy (non-hydrogen) atoms. The van der Waals surface area contributed by atoms with Gasteiger partial charge in [-0.05, 0) is 37.3 Å². The van der Waals surface area contributed by atoms with Crippen molar-refractivity contribution in [2.45, 2.75) is 13.3 Å². The second kappa shape index (κ2) is 6.48. The highest BCUT2D eigenvalue weighted by atomic mass is 16.1. The number of hydrogen-bond donors (Lipinski definition) is 3. The molecule has 0 radical (unpaired) electrons. The predicted octanol–water partition coefficient (Wildman–Crippen LogP) is 1.61. The van der Waals surface area contributed by atoms with Gasteiger partial charge in [0.05, 0.1) is 0 Å². The molecule has 0 spiro atoms. The van der Waals surface area contributed by atoms with E-state index in [0.717, 1.165) is 5.56 Å². The summed E-state index contributed by atoms with van der Waals surface area (Å²) in [6.45, 7) is 2.45. The van der Waals surface area contributed by atoms with Crippen molar-refractivity contribution in [2.24, 2.45) is 5.73 Å². The van der Waals surface area contributed by atoms with E-state index in [1.54, 1.807) is 12.1 Å². The molecule has 0 atom stereocenters. The number of nitrogens with two attached hydrogens (primary N) is 1. The molecule has 1 aromatic rings. The molecule has 4 nitrogen and oxygen atoms in total. The zero-order chi connectivity index (χ0) is 12.7. The Bertz CT molecular complexity index is 421. The van der Waals surface area contributed by atoms with E-state index >= 15 is 0 Å². The molecule has 0 aliphatic rings. The summed E-state index contributed by atoms with van der Waals surface area (Å²) in [6, 6.07) is 7.39. The normalized spacial score (nSPS) is 11.0. The smallest absolute Gasteiger partial charge is 0.251 e. The van der Waals surface area contributed by atoms with Crippen molar-refractivity contribution in [3.8, 4) is 0 Å². The minimum Gasteiger partial charge on any atom is -0.404 e. The topological polar surface area (TPSA) is 79.0 Å². The van der Waals surface area contributed by atoms with Gasteiger partial charge < -0.3 is 16.5 Å². The molecular formula is C13H17N3O. The van der Waals surface area contributed by atoms with Gasteiger partial charge in [0.2, 0.25) is 0 Å². The van der Waals surface area contributed by atoms with Crippen molar-refractivity contribution >= 4 is 12.1 Å². The Balaban J connectivity index is 2.45. The molecular weight excluding hydrogens is 214 g/mol. The molecule has 0 saturated heterocycles. The van der Waals surface area contributed by atoms with E-state index in [2.05, 4.69) is 5.32 Å². The summed E-state index contributed by atoms with van der Waals surface area (Å²) in [5.74, 6) is -0.105. The Morgan fingerprint density at radius 1 is 1.41 bits per heavy atom. The largest absolute Gasteiger partial charge is 0.404 e. The van der Waals surface area contributed by atoms with Crippen LogP contribution in [0, 0.1) is 12.3 Å². The first-order valence-corrected chi connectivity index (χ1v) is 5.43. The molecule has 0 aromatic heterocycles. The van der Waals surface area contributed by atoms with Gasteiger partial charge in [-0.25, -0.2) is 0 Å². The lowest BCUT2D eigenvalue weighted by molar-refractivity contribution is 0.0954. The Hall–Kier alpha value is -2.10. The second-order valence-electron chi connectivity index (χ2n) is 3.76. The molecule has 0 aliphatic heterocycles. The number of carbonyl (C=O) groups excluding carboxylic acids is 1. The van der Waals surface area contributed by atoms with E-state index in [-0.39, 0.29) is 5.91 Å². The minimum atomic E-state index is -0.105. The van der Waals surface area contributed by atoms with Crippen molar-refractivity contribution in [1.29, 1.82) is 5.41 Å². The molecule has 0 fully saturated rings. The Kier molecular flexibility index (Phi) is 4.94. The zero-order valence-corrected chi connectivity index (χ0v) is 9.86. The molecule has 1 aromatic carbocycles. The van der Waals surface area contributed by atoms with Crippen LogP contribution >= 0.6 is 0 Å². The van der Waals surface area contributed by atoms with Crippen LogP contribution < -0.4 is 11.1 Å². The van der Waals surface area contributed by atoms with Gasteiger partial charge in [0.1, 0.15) is 0 Å². The first-order chi connectivity index (χ1) is 8.17. The quantitative estimate of drug-likeness (QED) is 0.673. The maximum atomic E-state index is 11.7.